The zero-order valence-corrected chi connectivity index (χ0v) is 16.5. The number of esters is 1. The number of hydrogen-bond acceptors (Lipinski definition) is 5. The maximum Gasteiger partial charge on any atom is 0.307 e. The van der Waals surface area contributed by atoms with Crippen LogP contribution in [0.2, 0.25) is 0 Å². The normalized spacial score (nSPS) is 12.2. The average molecular weight is 407 g/mol. The van der Waals surface area contributed by atoms with E-state index in [-0.39, 0.29) is 10.9 Å². The lowest BCUT2D eigenvalue weighted by atomic mass is 10.1. The van der Waals surface area contributed by atoms with Crippen molar-refractivity contribution in [1.29, 1.82) is 0 Å². The van der Waals surface area contributed by atoms with E-state index in [0.717, 1.165) is 29.8 Å². The van der Waals surface area contributed by atoms with Gasteiger partial charge in [-0.15, -0.1) is 0 Å². The summed E-state index contributed by atoms with van der Waals surface area (Å²) in [6.45, 7) is 1.38. The molecule has 0 aliphatic heterocycles. The van der Waals surface area contributed by atoms with Gasteiger partial charge in [-0.3, -0.25) is 9.59 Å². The van der Waals surface area contributed by atoms with Crippen molar-refractivity contribution in [2.75, 3.05) is 19.4 Å². The van der Waals surface area contributed by atoms with Crippen LogP contribution < -0.4 is 0 Å². The van der Waals surface area contributed by atoms with Crippen LogP contribution in [-0.2, 0) is 24.2 Å². The third kappa shape index (κ3) is 5.88. The largest absolute Gasteiger partial charge is 0.456 e. The van der Waals surface area contributed by atoms with Gasteiger partial charge < -0.3 is 9.64 Å². The van der Waals surface area contributed by atoms with E-state index in [4.69, 9.17) is 4.74 Å². The van der Waals surface area contributed by atoms with Crippen LogP contribution in [0, 0.1) is 5.82 Å². The first-order chi connectivity index (χ1) is 13.2. The Morgan fingerprint density at radius 1 is 1.07 bits per heavy atom. The summed E-state index contributed by atoms with van der Waals surface area (Å²) in [6, 6.07) is 13.5. The number of carbonyl (C=O) groups excluding carboxylic acids is 2. The van der Waals surface area contributed by atoms with Crippen LogP contribution in [0.3, 0.4) is 0 Å². The van der Waals surface area contributed by atoms with Gasteiger partial charge in [0.05, 0.1) is 23.1 Å². The second-order valence-electron chi connectivity index (χ2n) is 6.27. The molecule has 150 valence electrons. The second-order valence-corrected chi connectivity index (χ2v) is 8.38. The van der Waals surface area contributed by atoms with Gasteiger partial charge >= 0.3 is 5.97 Å². The molecule has 2 aromatic carbocycles. The molecular weight excluding hydrogens is 385 g/mol. The standard InChI is InChI=1S/C20H22FNO5S/c1-15(16-6-4-3-5-7-16)22(2)19(23)14-27-20(24)12-13-28(25,26)18-10-8-17(21)9-11-18/h3-11,15H,12-14H2,1-2H3/t15-/m1/s1. The van der Waals surface area contributed by atoms with E-state index in [9.17, 15) is 22.4 Å². The van der Waals surface area contributed by atoms with Crippen molar-refractivity contribution in [3.05, 3.63) is 66.0 Å². The fraction of sp³-hybridized carbons (Fsp3) is 0.300. The van der Waals surface area contributed by atoms with Crippen LogP contribution in [0.4, 0.5) is 4.39 Å². The fourth-order valence-electron chi connectivity index (χ4n) is 2.46. The molecule has 0 fully saturated rings. The van der Waals surface area contributed by atoms with E-state index in [1.165, 1.54) is 4.90 Å². The van der Waals surface area contributed by atoms with Crippen LogP contribution >= 0.6 is 0 Å². The Hall–Kier alpha value is -2.74. The van der Waals surface area contributed by atoms with Gasteiger partial charge in [-0.1, -0.05) is 30.3 Å². The average Bonchev–Trinajstić information content (AvgIpc) is 2.70. The van der Waals surface area contributed by atoms with Crippen molar-refractivity contribution < 1.29 is 27.1 Å². The maximum absolute atomic E-state index is 12.9. The lowest BCUT2D eigenvalue weighted by molar-refractivity contribution is -0.152. The Kier molecular flexibility index (Phi) is 7.28. The summed E-state index contributed by atoms with van der Waals surface area (Å²) in [5, 5.41) is 0. The van der Waals surface area contributed by atoms with Crippen LogP contribution in [0.15, 0.2) is 59.5 Å². The number of halogens is 1. The highest BCUT2D eigenvalue weighted by atomic mass is 32.2. The third-order valence-corrected chi connectivity index (χ3v) is 6.09. The quantitative estimate of drug-likeness (QED) is 0.497. The molecule has 0 aliphatic rings. The monoisotopic (exact) mass is 407 g/mol. The summed E-state index contributed by atoms with van der Waals surface area (Å²) in [4.78, 5) is 25.4. The molecule has 0 aliphatic carbocycles. The number of hydrogen-bond donors (Lipinski definition) is 0. The molecule has 1 amide bonds. The van der Waals surface area contributed by atoms with E-state index >= 15 is 0 Å². The van der Waals surface area contributed by atoms with Gasteiger partial charge in [0.2, 0.25) is 0 Å². The molecule has 2 aromatic rings. The zero-order chi connectivity index (χ0) is 20.7. The summed E-state index contributed by atoms with van der Waals surface area (Å²) in [7, 11) is -2.14. The first-order valence-electron chi connectivity index (χ1n) is 8.65. The van der Waals surface area contributed by atoms with Gasteiger partial charge in [-0.05, 0) is 36.8 Å². The number of rotatable bonds is 8. The molecule has 28 heavy (non-hydrogen) atoms. The highest BCUT2D eigenvalue weighted by Crippen LogP contribution is 2.18. The number of likely N-dealkylation sites (N-methyl/N-ethyl adjacent to an activating group) is 1. The van der Waals surface area contributed by atoms with E-state index in [1.807, 2.05) is 37.3 Å². The Labute approximate surface area is 163 Å². The number of ether oxygens (including phenoxy) is 1. The first kappa shape index (κ1) is 21.6. The Morgan fingerprint density at radius 2 is 1.68 bits per heavy atom. The molecule has 0 spiro atoms. The van der Waals surface area contributed by atoms with Crippen LogP contribution in [0.1, 0.15) is 24.9 Å². The highest BCUT2D eigenvalue weighted by molar-refractivity contribution is 7.91. The molecule has 8 heteroatoms. The van der Waals surface area contributed by atoms with Crippen LogP contribution in [0.5, 0.6) is 0 Å². The minimum absolute atomic E-state index is 0.0748. The van der Waals surface area contributed by atoms with Crippen molar-refractivity contribution in [1.82, 2.24) is 4.90 Å². The van der Waals surface area contributed by atoms with Gasteiger partial charge in [-0.25, -0.2) is 12.8 Å². The predicted molar refractivity (Wildman–Crippen MR) is 102 cm³/mol. The number of carbonyl (C=O) groups is 2. The maximum atomic E-state index is 12.9. The summed E-state index contributed by atoms with van der Waals surface area (Å²) in [5.41, 5.74) is 0.940. The topological polar surface area (TPSA) is 80.8 Å². The number of sulfone groups is 1. The highest BCUT2D eigenvalue weighted by Gasteiger charge is 2.20. The zero-order valence-electron chi connectivity index (χ0n) is 15.7. The summed E-state index contributed by atoms with van der Waals surface area (Å²) in [6.07, 6.45) is -0.398. The number of benzene rings is 2. The van der Waals surface area contributed by atoms with Crippen LogP contribution in [0.25, 0.3) is 0 Å². The lowest BCUT2D eigenvalue weighted by Gasteiger charge is -2.25. The summed E-state index contributed by atoms with van der Waals surface area (Å²) >= 11 is 0. The molecule has 0 aromatic heterocycles. The minimum Gasteiger partial charge on any atom is -0.456 e. The predicted octanol–water partition coefficient (Wildman–Crippen LogP) is 2.75. The molecule has 1 atom stereocenters. The van der Waals surface area contributed by atoms with Crippen molar-refractivity contribution in [3.63, 3.8) is 0 Å². The Morgan fingerprint density at radius 3 is 2.29 bits per heavy atom. The van der Waals surface area contributed by atoms with Gasteiger partial charge in [0, 0.05) is 7.05 Å². The number of nitrogens with zero attached hydrogens (tertiary/aromatic N) is 1. The SMILES string of the molecule is C[C@H](c1ccccc1)N(C)C(=O)COC(=O)CCS(=O)(=O)c1ccc(F)cc1. The smallest absolute Gasteiger partial charge is 0.307 e. The van der Waals surface area contributed by atoms with Crippen molar-refractivity contribution in [3.8, 4) is 0 Å². The van der Waals surface area contributed by atoms with Gasteiger partial charge in [-0.2, -0.15) is 0 Å². The molecule has 6 nitrogen and oxygen atoms in total. The minimum atomic E-state index is -3.74. The third-order valence-electron chi connectivity index (χ3n) is 4.36. The molecule has 0 bridgehead atoms. The first-order valence-corrected chi connectivity index (χ1v) is 10.3. The van der Waals surface area contributed by atoms with Gasteiger partial charge in [0.25, 0.3) is 5.91 Å². The van der Waals surface area contributed by atoms with E-state index < -0.39 is 46.3 Å². The van der Waals surface area contributed by atoms with Gasteiger partial charge in [0.1, 0.15) is 5.82 Å². The lowest BCUT2D eigenvalue weighted by Crippen LogP contribution is -2.33. The van der Waals surface area contributed by atoms with E-state index in [1.54, 1.807) is 7.05 Å². The van der Waals surface area contributed by atoms with Crippen molar-refractivity contribution in [2.45, 2.75) is 24.3 Å². The van der Waals surface area contributed by atoms with E-state index in [2.05, 4.69) is 0 Å². The molecular formula is C20H22FNO5S. The van der Waals surface area contributed by atoms with Crippen molar-refractivity contribution >= 4 is 21.7 Å². The molecule has 0 radical (unpaired) electrons. The Bertz CT molecular complexity index is 913. The molecule has 2 rings (SSSR count). The number of amides is 1. The van der Waals surface area contributed by atoms with Crippen molar-refractivity contribution in [2.24, 2.45) is 0 Å². The molecule has 0 heterocycles. The summed E-state index contributed by atoms with van der Waals surface area (Å²) < 4.78 is 42.1. The summed E-state index contributed by atoms with van der Waals surface area (Å²) in [5.74, 6) is -2.22. The molecule has 0 saturated carbocycles. The molecule has 0 N–H and O–H groups in total. The molecule has 0 unspecified atom stereocenters. The van der Waals surface area contributed by atoms with E-state index in [0.29, 0.717) is 0 Å². The van der Waals surface area contributed by atoms with Gasteiger partial charge in [0.15, 0.2) is 16.4 Å². The fourth-order valence-corrected chi connectivity index (χ4v) is 3.69. The van der Waals surface area contributed by atoms with Crippen LogP contribution in [-0.4, -0.2) is 44.6 Å². The molecule has 0 saturated heterocycles. The second kappa shape index (κ2) is 9.45. The Balaban J connectivity index is 1.83.